The van der Waals surface area contributed by atoms with Crippen molar-refractivity contribution in [1.29, 1.82) is 0 Å². The maximum atomic E-state index is 12.6. The van der Waals surface area contributed by atoms with Gasteiger partial charge in [0, 0.05) is 4.88 Å². The number of fused-ring (bicyclic) bond motifs is 1. The maximum Gasteiger partial charge on any atom is 0.422 e. The minimum atomic E-state index is -4.39. The number of hydrogen-bond acceptors (Lipinski definition) is 4. The highest BCUT2D eigenvalue weighted by atomic mass is 32.1. The molecule has 1 aromatic carbocycles. The SMILES string of the molecule is CCc1cc2c(=O)n(Cc3cccc(OCC(F)(F)F)c3)cnc2s1. The Bertz CT molecular complexity index is 947. The van der Waals surface area contributed by atoms with Crippen LogP contribution in [0.25, 0.3) is 10.2 Å². The molecule has 0 radical (unpaired) electrons. The van der Waals surface area contributed by atoms with Crippen LogP contribution in [0.5, 0.6) is 5.75 Å². The zero-order valence-corrected chi connectivity index (χ0v) is 14.2. The van der Waals surface area contributed by atoms with Gasteiger partial charge in [0.05, 0.1) is 18.3 Å². The Labute approximate surface area is 145 Å². The minimum Gasteiger partial charge on any atom is -0.484 e. The number of thiophene rings is 1. The summed E-state index contributed by atoms with van der Waals surface area (Å²) < 4.78 is 42.9. The number of halogens is 3. The van der Waals surface area contributed by atoms with Crippen molar-refractivity contribution < 1.29 is 17.9 Å². The van der Waals surface area contributed by atoms with Crippen molar-refractivity contribution >= 4 is 21.6 Å². The Morgan fingerprint density at radius 2 is 2.08 bits per heavy atom. The highest BCUT2D eigenvalue weighted by Crippen LogP contribution is 2.22. The van der Waals surface area contributed by atoms with Gasteiger partial charge < -0.3 is 4.74 Å². The summed E-state index contributed by atoms with van der Waals surface area (Å²) in [4.78, 5) is 18.6. The number of ether oxygens (including phenoxy) is 1. The first-order valence-electron chi connectivity index (χ1n) is 7.62. The average molecular weight is 368 g/mol. The summed E-state index contributed by atoms with van der Waals surface area (Å²) in [5.74, 6) is 0.112. The van der Waals surface area contributed by atoms with Gasteiger partial charge in [-0.25, -0.2) is 4.98 Å². The number of hydrogen-bond donors (Lipinski definition) is 0. The summed E-state index contributed by atoms with van der Waals surface area (Å²) >= 11 is 1.49. The molecule has 0 aliphatic heterocycles. The van der Waals surface area contributed by atoms with Gasteiger partial charge in [0.25, 0.3) is 5.56 Å². The molecule has 0 bridgehead atoms. The van der Waals surface area contributed by atoms with Gasteiger partial charge in [-0.05, 0) is 30.2 Å². The van der Waals surface area contributed by atoms with Crippen LogP contribution in [0, 0.1) is 0 Å². The first kappa shape index (κ1) is 17.5. The Hall–Kier alpha value is -2.35. The van der Waals surface area contributed by atoms with E-state index in [0.29, 0.717) is 15.8 Å². The van der Waals surface area contributed by atoms with Crippen molar-refractivity contribution in [1.82, 2.24) is 9.55 Å². The summed E-state index contributed by atoms with van der Waals surface area (Å²) in [5, 5.41) is 0.564. The molecule has 8 heteroatoms. The van der Waals surface area contributed by atoms with Crippen molar-refractivity contribution in [3.8, 4) is 5.75 Å². The van der Waals surface area contributed by atoms with E-state index in [1.54, 1.807) is 12.1 Å². The Kier molecular flexibility index (Phi) is 4.80. The van der Waals surface area contributed by atoms with Gasteiger partial charge in [-0.2, -0.15) is 13.2 Å². The Morgan fingerprint density at radius 3 is 2.80 bits per heavy atom. The topological polar surface area (TPSA) is 44.1 Å². The van der Waals surface area contributed by atoms with E-state index in [0.717, 1.165) is 11.3 Å². The minimum absolute atomic E-state index is 0.112. The van der Waals surface area contributed by atoms with E-state index >= 15 is 0 Å². The molecule has 25 heavy (non-hydrogen) atoms. The van der Waals surface area contributed by atoms with E-state index in [4.69, 9.17) is 4.74 Å². The lowest BCUT2D eigenvalue weighted by molar-refractivity contribution is -0.153. The molecule has 0 fully saturated rings. The molecular formula is C17H15F3N2O2S. The van der Waals surface area contributed by atoms with Gasteiger partial charge in [0.15, 0.2) is 6.61 Å². The quantitative estimate of drug-likeness (QED) is 0.684. The maximum absolute atomic E-state index is 12.6. The van der Waals surface area contributed by atoms with Crippen LogP contribution in [-0.2, 0) is 13.0 Å². The number of nitrogens with zero attached hydrogens (tertiary/aromatic N) is 2. The third-order valence-corrected chi connectivity index (χ3v) is 4.76. The van der Waals surface area contributed by atoms with Crippen LogP contribution in [0.2, 0.25) is 0 Å². The predicted molar refractivity (Wildman–Crippen MR) is 90.4 cm³/mol. The molecule has 0 aliphatic rings. The summed E-state index contributed by atoms with van der Waals surface area (Å²) in [6.07, 6.45) is -2.10. The second kappa shape index (κ2) is 6.87. The first-order chi connectivity index (χ1) is 11.9. The van der Waals surface area contributed by atoms with E-state index in [9.17, 15) is 18.0 Å². The third kappa shape index (κ3) is 4.19. The molecule has 132 valence electrons. The molecule has 0 amide bonds. The van der Waals surface area contributed by atoms with Crippen LogP contribution >= 0.6 is 11.3 Å². The number of alkyl halides is 3. The monoisotopic (exact) mass is 368 g/mol. The first-order valence-corrected chi connectivity index (χ1v) is 8.43. The van der Waals surface area contributed by atoms with Crippen LogP contribution in [0.15, 0.2) is 41.5 Å². The molecular weight excluding hydrogens is 353 g/mol. The fraction of sp³-hybridized carbons (Fsp3) is 0.294. The van der Waals surface area contributed by atoms with E-state index in [2.05, 4.69) is 4.98 Å². The lowest BCUT2D eigenvalue weighted by Gasteiger charge is -2.11. The Balaban J connectivity index is 1.84. The Morgan fingerprint density at radius 1 is 1.28 bits per heavy atom. The normalized spacial score (nSPS) is 11.8. The molecule has 2 aromatic heterocycles. The largest absolute Gasteiger partial charge is 0.484 e. The molecule has 0 spiro atoms. The van der Waals surface area contributed by atoms with Crippen LogP contribution in [0.4, 0.5) is 13.2 Å². The lowest BCUT2D eigenvalue weighted by atomic mass is 10.2. The molecule has 4 nitrogen and oxygen atoms in total. The van der Waals surface area contributed by atoms with Crippen LogP contribution in [0.3, 0.4) is 0 Å². The number of aromatic nitrogens is 2. The van der Waals surface area contributed by atoms with Crippen molar-refractivity contribution in [2.24, 2.45) is 0 Å². The lowest BCUT2D eigenvalue weighted by Crippen LogP contribution is -2.21. The zero-order valence-electron chi connectivity index (χ0n) is 13.3. The van der Waals surface area contributed by atoms with Gasteiger partial charge in [-0.15, -0.1) is 11.3 Å². The number of benzene rings is 1. The van der Waals surface area contributed by atoms with E-state index in [1.165, 1.54) is 34.4 Å². The van der Waals surface area contributed by atoms with Gasteiger partial charge in [0.1, 0.15) is 10.6 Å². The van der Waals surface area contributed by atoms with Crippen molar-refractivity contribution in [2.75, 3.05) is 6.61 Å². The fourth-order valence-corrected chi connectivity index (χ4v) is 3.32. The summed E-state index contributed by atoms with van der Waals surface area (Å²) in [7, 11) is 0. The molecule has 3 aromatic rings. The van der Waals surface area contributed by atoms with Crippen molar-refractivity contribution in [2.45, 2.75) is 26.1 Å². The second-order valence-corrected chi connectivity index (χ2v) is 6.63. The van der Waals surface area contributed by atoms with Gasteiger partial charge in [0.2, 0.25) is 0 Å². The molecule has 0 aliphatic carbocycles. The van der Waals surface area contributed by atoms with Crippen molar-refractivity contribution in [3.05, 3.63) is 57.5 Å². The second-order valence-electron chi connectivity index (χ2n) is 5.51. The number of rotatable bonds is 5. The van der Waals surface area contributed by atoms with E-state index in [1.807, 2.05) is 13.0 Å². The van der Waals surface area contributed by atoms with E-state index < -0.39 is 12.8 Å². The van der Waals surface area contributed by atoms with Crippen LogP contribution in [0.1, 0.15) is 17.4 Å². The molecule has 0 unspecified atom stereocenters. The smallest absolute Gasteiger partial charge is 0.422 e. The summed E-state index contributed by atoms with van der Waals surface area (Å²) in [6, 6.07) is 8.11. The van der Waals surface area contributed by atoms with Gasteiger partial charge in [-0.1, -0.05) is 19.1 Å². The average Bonchev–Trinajstić information content (AvgIpc) is 3.00. The van der Waals surface area contributed by atoms with Crippen molar-refractivity contribution in [3.63, 3.8) is 0 Å². The molecule has 2 heterocycles. The van der Waals surface area contributed by atoms with Crippen LogP contribution < -0.4 is 10.3 Å². The highest BCUT2D eigenvalue weighted by molar-refractivity contribution is 7.18. The van der Waals surface area contributed by atoms with Gasteiger partial charge in [-0.3, -0.25) is 9.36 Å². The van der Waals surface area contributed by atoms with Crippen LogP contribution in [-0.4, -0.2) is 22.3 Å². The fourth-order valence-electron chi connectivity index (χ4n) is 2.39. The molecule has 0 saturated carbocycles. The molecule has 0 atom stereocenters. The third-order valence-electron chi connectivity index (χ3n) is 3.57. The number of aryl methyl sites for hydroxylation is 1. The summed E-state index contributed by atoms with van der Waals surface area (Å²) in [5.41, 5.74) is 0.497. The molecule has 0 N–H and O–H groups in total. The highest BCUT2D eigenvalue weighted by Gasteiger charge is 2.28. The molecule has 3 rings (SSSR count). The summed E-state index contributed by atoms with van der Waals surface area (Å²) in [6.45, 7) is 0.872. The zero-order chi connectivity index (χ0) is 18.0. The molecule has 0 saturated heterocycles. The standard InChI is InChI=1S/C17H15F3N2O2S/c1-2-13-7-14-15(25-13)21-10-22(16(14)23)8-11-4-3-5-12(6-11)24-9-17(18,19)20/h3-7,10H,2,8-9H2,1H3. The van der Waals surface area contributed by atoms with Gasteiger partial charge >= 0.3 is 6.18 Å². The van der Waals surface area contributed by atoms with E-state index in [-0.39, 0.29) is 17.9 Å². The predicted octanol–water partition coefficient (Wildman–Crippen LogP) is 4.01.